The first-order chi connectivity index (χ1) is 7.13. The Morgan fingerprint density at radius 1 is 1.67 bits per heavy atom. The van der Waals surface area contributed by atoms with Gasteiger partial charge in [0.05, 0.1) is 13.0 Å². The molecule has 1 rings (SSSR count). The van der Waals surface area contributed by atoms with E-state index in [9.17, 15) is 8.78 Å². The molecule has 0 saturated heterocycles. The molecule has 0 spiro atoms. The maximum Gasteiger partial charge on any atom is 0.284 e. The SMILES string of the molecule is COc1cc(CCl)c(C#N)nc1C(F)F. The summed E-state index contributed by atoms with van der Waals surface area (Å²) >= 11 is 5.54. The van der Waals surface area contributed by atoms with Crippen LogP contribution in [0.25, 0.3) is 0 Å². The third-order valence-corrected chi connectivity index (χ3v) is 2.06. The van der Waals surface area contributed by atoms with Crippen LogP contribution in [-0.2, 0) is 5.88 Å². The first-order valence-electron chi connectivity index (χ1n) is 3.96. The number of nitrogens with zero attached hydrogens (tertiary/aromatic N) is 2. The summed E-state index contributed by atoms with van der Waals surface area (Å²) in [5, 5.41) is 8.66. The second-order valence-electron chi connectivity index (χ2n) is 2.63. The van der Waals surface area contributed by atoms with E-state index >= 15 is 0 Å². The fourth-order valence-corrected chi connectivity index (χ4v) is 1.27. The number of alkyl halides is 3. The molecule has 3 nitrogen and oxygen atoms in total. The highest BCUT2D eigenvalue weighted by Crippen LogP contribution is 2.29. The molecular formula is C9H7ClF2N2O. The van der Waals surface area contributed by atoms with E-state index in [2.05, 4.69) is 4.98 Å². The maximum absolute atomic E-state index is 12.5. The van der Waals surface area contributed by atoms with E-state index < -0.39 is 12.1 Å². The summed E-state index contributed by atoms with van der Waals surface area (Å²) in [6, 6.07) is 3.01. The molecule has 0 unspecified atom stereocenters. The fourth-order valence-electron chi connectivity index (χ4n) is 1.07. The van der Waals surface area contributed by atoms with Gasteiger partial charge in [-0.25, -0.2) is 13.8 Å². The molecule has 0 fully saturated rings. The van der Waals surface area contributed by atoms with Crippen molar-refractivity contribution in [2.75, 3.05) is 7.11 Å². The highest BCUT2D eigenvalue weighted by Gasteiger charge is 2.19. The van der Waals surface area contributed by atoms with E-state index in [1.807, 2.05) is 0 Å². The zero-order chi connectivity index (χ0) is 11.4. The topological polar surface area (TPSA) is 45.9 Å². The third-order valence-electron chi connectivity index (χ3n) is 1.77. The molecule has 0 radical (unpaired) electrons. The van der Waals surface area contributed by atoms with Gasteiger partial charge in [0, 0.05) is 5.56 Å². The van der Waals surface area contributed by atoms with E-state index in [-0.39, 0.29) is 17.3 Å². The quantitative estimate of drug-likeness (QED) is 0.753. The number of aromatic nitrogens is 1. The van der Waals surface area contributed by atoms with Crippen molar-refractivity contribution in [3.8, 4) is 11.8 Å². The van der Waals surface area contributed by atoms with Gasteiger partial charge in [-0.1, -0.05) is 0 Å². The molecular weight excluding hydrogens is 226 g/mol. The van der Waals surface area contributed by atoms with Crippen LogP contribution in [-0.4, -0.2) is 12.1 Å². The van der Waals surface area contributed by atoms with Gasteiger partial charge in [0.1, 0.15) is 23.2 Å². The molecule has 0 amide bonds. The first-order valence-corrected chi connectivity index (χ1v) is 4.49. The molecule has 1 aromatic heterocycles. The Morgan fingerprint density at radius 3 is 2.73 bits per heavy atom. The van der Waals surface area contributed by atoms with Gasteiger partial charge in [0.25, 0.3) is 6.43 Å². The molecule has 0 aliphatic rings. The number of rotatable bonds is 3. The normalized spacial score (nSPS) is 10.1. The van der Waals surface area contributed by atoms with Crippen LogP contribution < -0.4 is 4.74 Å². The Morgan fingerprint density at radius 2 is 2.33 bits per heavy atom. The predicted octanol–water partition coefficient (Wildman–Crippen LogP) is 2.64. The fraction of sp³-hybridized carbons (Fsp3) is 0.333. The average Bonchev–Trinajstić information content (AvgIpc) is 2.26. The van der Waals surface area contributed by atoms with Gasteiger partial charge in [-0.2, -0.15) is 5.26 Å². The van der Waals surface area contributed by atoms with Gasteiger partial charge < -0.3 is 4.74 Å². The molecule has 0 aliphatic heterocycles. The van der Waals surface area contributed by atoms with Crippen LogP contribution in [0.1, 0.15) is 23.4 Å². The van der Waals surface area contributed by atoms with Crippen molar-refractivity contribution in [1.29, 1.82) is 5.26 Å². The number of ether oxygens (including phenoxy) is 1. The van der Waals surface area contributed by atoms with Gasteiger partial charge in [0.15, 0.2) is 0 Å². The number of hydrogen-bond acceptors (Lipinski definition) is 3. The van der Waals surface area contributed by atoms with Crippen LogP contribution in [0, 0.1) is 11.3 Å². The smallest absolute Gasteiger partial charge is 0.284 e. The third kappa shape index (κ3) is 2.34. The zero-order valence-corrected chi connectivity index (χ0v) is 8.55. The summed E-state index contributed by atoms with van der Waals surface area (Å²) in [4.78, 5) is 3.51. The molecule has 15 heavy (non-hydrogen) atoms. The summed E-state index contributed by atoms with van der Waals surface area (Å²) in [6.07, 6.45) is -2.78. The van der Waals surface area contributed by atoms with Crippen molar-refractivity contribution in [3.63, 3.8) is 0 Å². The summed E-state index contributed by atoms with van der Waals surface area (Å²) < 4.78 is 29.7. The summed E-state index contributed by atoms with van der Waals surface area (Å²) in [5.74, 6) is -0.0323. The van der Waals surface area contributed by atoms with Gasteiger partial charge >= 0.3 is 0 Å². The molecule has 0 aromatic carbocycles. The van der Waals surface area contributed by atoms with Gasteiger partial charge in [-0.3, -0.25) is 0 Å². The van der Waals surface area contributed by atoms with Gasteiger partial charge in [-0.15, -0.1) is 11.6 Å². The van der Waals surface area contributed by atoms with Crippen molar-refractivity contribution in [2.24, 2.45) is 0 Å². The second kappa shape index (κ2) is 4.89. The standard InChI is InChI=1S/C9H7ClF2N2O/c1-15-7-2-5(3-10)6(4-13)14-8(7)9(11)12/h2,9H,3H2,1H3. The number of nitriles is 1. The average molecular weight is 233 g/mol. The minimum Gasteiger partial charge on any atom is -0.495 e. The molecule has 80 valence electrons. The number of halogens is 3. The van der Waals surface area contributed by atoms with E-state index in [1.54, 1.807) is 6.07 Å². The predicted molar refractivity (Wildman–Crippen MR) is 50.0 cm³/mol. The van der Waals surface area contributed by atoms with Crippen LogP contribution in [0.4, 0.5) is 8.78 Å². The summed E-state index contributed by atoms with van der Waals surface area (Å²) in [5.41, 5.74) is -0.260. The molecule has 0 saturated carbocycles. The molecule has 1 heterocycles. The largest absolute Gasteiger partial charge is 0.495 e. The van der Waals surface area contributed by atoms with Crippen LogP contribution in [0.3, 0.4) is 0 Å². The van der Waals surface area contributed by atoms with Crippen molar-refractivity contribution >= 4 is 11.6 Å². The molecule has 6 heteroatoms. The van der Waals surface area contributed by atoms with E-state index in [4.69, 9.17) is 21.6 Å². The van der Waals surface area contributed by atoms with Crippen LogP contribution >= 0.6 is 11.6 Å². The number of methoxy groups -OCH3 is 1. The molecule has 0 atom stereocenters. The molecule has 0 bridgehead atoms. The van der Waals surface area contributed by atoms with Crippen molar-refractivity contribution in [2.45, 2.75) is 12.3 Å². The molecule has 0 N–H and O–H groups in total. The van der Waals surface area contributed by atoms with E-state index in [0.717, 1.165) is 0 Å². The van der Waals surface area contributed by atoms with Gasteiger partial charge in [-0.05, 0) is 6.07 Å². The molecule has 0 aliphatic carbocycles. The lowest BCUT2D eigenvalue weighted by Crippen LogP contribution is -2.01. The first kappa shape index (κ1) is 11.7. The number of pyridine rings is 1. The Balaban J connectivity index is 3.36. The van der Waals surface area contributed by atoms with Crippen LogP contribution in [0.15, 0.2) is 6.07 Å². The van der Waals surface area contributed by atoms with Crippen molar-refractivity contribution < 1.29 is 13.5 Å². The summed E-state index contributed by atoms with van der Waals surface area (Å²) in [7, 11) is 1.26. The maximum atomic E-state index is 12.5. The van der Waals surface area contributed by atoms with E-state index in [0.29, 0.717) is 5.56 Å². The number of hydrogen-bond donors (Lipinski definition) is 0. The van der Waals surface area contributed by atoms with Crippen LogP contribution in [0.2, 0.25) is 0 Å². The van der Waals surface area contributed by atoms with Gasteiger partial charge in [0.2, 0.25) is 0 Å². The second-order valence-corrected chi connectivity index (χ2v) is 2.90. The highest BCUT2D eigenvalue weighted by molar-refractivity contribution is 6.17. The minimum atomic E-state index is -2.78. The van der Waals surface area contributed by atoms with Crippen molar-refractivity contribution in [1.82, 2.24) is 4.98 Å². The molecule has 1 aromatic rings. The minimum absolute atomic E-state index is 0.0236. The lowest BCUT2D eigenvalue weighted by molar-refractivity contribution is 0.141. The Bertz CT molecular complexity index is 404. The summed E-state index contributed by atoms with van der Waals surface area (Å²) in [6.45, 7) is 0. The zero-order valence-electron chi connectivity index (χ0n) is 7.80. The highest BCUT2D eigenvalue weighted by atomic mass is 35.5. The van der Waals surface area contributed by atoms with Crippen LogP contribution in [0.5, 0.6) is 5.75 Å². The Hall–Kier alpha value is -1.41. The van der Waals surface area contributed by atoms with E-state index in [1.165, 1.54) is 13.2 Å². The monoisotopic (exact) mass is 232 g/mol. The lowest BCUT2D eigenvalue weighted by atomic mass is 10.2. The van der Waals surface area contributed by atoms with Crippen molar-refractivity contribution in [3.05, 3.63) is 23.0 Å². The lowest BCUT2D eigenvalue weighted by Gasteiger charge is -2.09. The Kier molecular flexibility index (Phi) is 3.81. The Labute approximate surface area is 90.3 Å².